The van der Waals surface area contributed by atoms with Crippen LogP contribution < -0.4 is 4.74 Å². The molecule has 2 amide bonds. The number of nitriles is 1. The van der Waals surface area contributed by atoms with Crippen LogP contribution in [0.3, 0.4) is 0 Å². The molecule has 6 heteroatoms. The molecule has 0 unspecified atom stereocenters. The topological polar surface area (TPSA) is 73.6 Å². The van der Waals surface area contributed by atoms with Crippen LogP contribution in [0.25, 0.3) is 0 Å². The largest absolute Gasteiger partial charge is 0.480 e. The minimum absolute atomic E-state index is 0.0338. The molecule has 1 fully saturated rings. The standard InChI is InChI=1S/C17H21N3O3/c1-13(23-16-7-4-3-6-15(16)12-18)17(22)20-9-5-8-19(10-11-20)14(2)21/h3-4,6-7,13H,5,8-11H2,1-2H3/t13-/m1/s1. The molecule has 23 heavy (non-hydrogen) atoms. The summed E-state index contributed by atoms with van der Waals surface area (Å²) in [7, 11) is 0. The smallest absolute Gasteiger partial charge is 0.263 e. The lowest BCUT2D eigenvalue weighted by Gasteiger charge is -2.25. The van der Waals surface area contributed by atoms with Crippen LogP contribution in [0.1, 0.15) is 25.8 Å². The van der Waals surface area contributed by atoms with Gasteiger partial charge in [-0.2, -0.15) is 5.26 Å². The molecule has 1 aromatic rings. The van der Waals surface area contributed by atoms with Crippen LogP contribution in [0.2, 0.25) is 0 Å². The van der Waals surface area contributed by atoms with Crippen molar-refractivity contribution < 1.29 is 14.3 Å². The highest BCUT2D eigenvalue weighted by Gasteiger charge is 2.25. The number of rotatable bonds is 3. The molecule has 1 atom stereocenters. The molecule has 0 N–H and O–H groups in total. The Hall–Kier alpha value is -2.55. The summed E-state index contributed by atoms with van der Waals surface area (Å²) in [5, 5.41) is 9.07. The number of nitrogens with zero attached hydrogens (tertiary/aromatic N) is 3. The Morgan fingerprint density at radius 1 is 1.17 bits per heavy atom. The Balaban J connectivity index is 1.99. The summed E-state index contributed by atoms with van der Waals surface area (Å²) in [6.45, 7) is 5.56. The predicted molar refractivity (Wildman–Crippen MR) is 84.7 cm³/mol. The Morgan fingerprint density at radius 3 is 2.52 bits per heavy atom. The first kappa shape index (κ1) is 16.8. The van der Waals surface area contributed by atoms with E-state index < -0.39 is 6.10 Å². The molecule has 1 aliphatic rings. The van der Waals surface area contributed by atoms with Crippen molar-refractivity contribution in [2.24, 2.45) is 0 Å². The number of ether oxygens (including phenoxy) is 1. The molecule has 1 aliphatic heterocycles. The zero-order valence-corrected chi connectivity index (χ0v) is 13.5. The van der Waals surface area contributed by atoms with Crippen molar-refractivity contribution in [1.29, 1.82) is 5.26 Å². The molecule has 0 aromatic heterocycles. The van der Waals surface area contributed by atoms with E-state index in [0.29, 0.717) is 37.5 Å². The van der Waals surface area contributed by atoms with Gasteiger partial charge >= 0.3 is 0 Å². The lowest BCUT2D eigenvalue weighted by Crippen LogP contribution is -2.42. The van der Waals surface area contributed by atoms with Crippen molar-refractivity contribution in [3.05, 3.63) is 29.8 Å². The van der Waals surface area contributed by atoms with Gasteiger partial charge in [0.15, 0.2) is 6.10 Å². The molecule has 0 spiro atoms. The van der Waals surface area contributed by atoms with E-state index in [1.165, 1.54) is 0 Å². The van der Waals surface area contributed by atoms with Crippen LogP contribution in [0.15, 0.2) is 24.3 Å². The van der Waals surface area contributed by atoms with Crippen molar-refractivity contribution in [2.45, 2.75) is 26.4 Å². The first-order valence-corrected chi connectivity index (χ1v) is 7.73. The van der Waals surface area contributed by atoms with Gasteiger partial charge in [0.25, 0.3) is 5.91 Å². The molecule has 6 nitrogen and oxygen atoms in total. The molecule has 0 radical (unpaired) electrons. The van der Waals surface area contributed by atoms with Crippen molar-refractivity contribution in [3.8, 4) is 11.8 Å². The van der Waals surface area contributed by atoms with E-state index in [2.05, 4.69) is 6.07 Å². The normalized spacial score (nSPS) is 16.2. The summed E-state index contributed by atoms with van der Waals surface area (Å²) in [4.78, 5) is 27.5. The van der Waals surface area contributed by atoms with E-state index in [-0.39, 0.29) is 11.8 Å². The lowest BCUT2D eigenvalue weighted by atomic mass is 10.2. The van der Waals surface area contributed by atoms with E-state index in [1.807, 2.05) is 0 Å². The Labute approximate surface area is 136 Å². The minimum atomic E-state index is -0.673. The van der Waals surface area contributed by atoms with Crippen LogP contribution in [0, 0.1) is 11.3 Å². The van der Waals surface area contributed by atoms with Gasteiger partial charge in [0.2, 0.25) is 5.91 Å². The number of hydrogen-bond donors (Lipinski definition) is 0. The number of carbonyl (C=O) groups is 2. The second kappa shape index (κ2) is 7.63. The van der Waals surface area contributed by atoms with Gasteiger partial charge in [-0.25, -0.2) is 0 Å². The van der Waals surface area contributed by atoms with E-state index in [9.17, 15) is 9.59 Å². The molecular weight excluding hydrogens is 294 g/mol. The van der Waals surface area contributed by atoms with Gasteiger partial charge in [0.1, 0.15) is 11.8 Å². The quantitative estimate of drug-likeness (QED) is 0.845. The fourth-order valence-corrected chi connectivity index (χ4v) is 2.61. The van der Waals surface area contributed by atoms with E-state index in [1.54, 1.807) is 47.9 Å². The van der Waals surface area contributed by atoms with E-state index >= 15 is 0 Å². The summed E-state index contributed by atoms with van der Waals surface area (Å²) >= 11 is 0. The molecule has 1 saturated heterocycles. The lowest BCUT2D eigenvalue weighted by molar-refractivity contribution is -0.138. The SMILES string of the molecule is CC(=O)N1CCCN(C(=O)[C@@H](C)Oc2ccccc2C#N)CC1. The third-order valence-corrected chi connectivity index (χ3v) is 3.91. The van der Waals surface area contributed by atoms with Crippen LogP contribution in [0.5, 0.6) is 5.75 Å². The Morgan fingerprint density at radius 2 is 1.83 bits per heavy atom. The molecule has 1 heterocycles. The van der Waals surface area contributed by atoms with Crippen LogP contribution >= 0.6 is 0 Å². The molecule has 0 bridgehead atoms. The Bertz CT molecular complexity index is 624. The molecule has 2 rings (SSSR count). The Kier molecular flexibility index (Phi) is 5.58. The number of hydrogen-bond acceptors (Lipinski definition) is 4. The van der Waals surface area contributed by atoms with Crippen molar-refractivity contribution in [3.63, 3.8) is 0 Å². The first-order valence-electron chi connectivity index (χ1n) is 7.73. The summed E-state index contributed by atoms with van der Waals surface area (Å²) in [6, 6.07) is 8.91. The maximum absolute atomic E-state index is 12.5. The molecular formula is C17H21N3O3. The van der Waals surface area contributed by atoms with Gasteiger partial charge in [-0.05, 0) is 25.5 Å². The molecule has 122 valence electrons. The maximum Gasteiger partial charge on any atom is 0.263 e. The zero-order chi connectivity index (χ0) is 16.8. The summed E-state index contributed by atoms with van der Waals surface area (Å²) in [5.41, 5.74) is 0.408. The van der Waals surface area contributed by atoms with Crippen LogP contribution in [0.4, 0.5) is 0 Å². The van der Waals surface area contributed by atoms with Crippen LogP contribution in [-0.2, 0) is 9.59 Å². The fraction of sp³-hybridized carbons (Fsp3) is 0.471. The number of amides is 2. The number of benzene rings is 1. The van der Waals surface area contributed by atoms with Gasteiger partial charge in [-0.15, -0.1) is 0 Å². The fourth-order valence-electron chi connectivity index (χ4n) is 2.61. The third-order valence-electron chi connectivity index (χ3n) is 3.91. The second-order valence-corrected chi connectivity index (χ2v) is 5.55. The second-order valence-electron chi connectivity index (χ2n) is 5.55. The highest BCUT2D eigenvalue weighted by molar-refractivity contribution is 5.81. The van der Waals surface area contributed by atoms with Gasteiger partial charge in [-0.3, -0.25) is 9.59 Å². The summed E-state index contributed by atoms with van der Waals surface area (Å²) in [5.74, 6) is 0.325. The van der Waals surface area contributed by atoms with Crippen molar-refractivity contribution >= 4 is 11.8 Å². The monoisotopic (exact) mass is 315 g/mol. The average molecular weight is 315 g/mol. The van der Waals surface area contributed by atoms with Gasteiger partial charge in [0, 0.05) is 33.1 Å². The van der Waals surface area contributed by atoms with Gasteiger partial charge in [-0.1, -0.05) is 12.1 Å². The van der Waals surface area contributed by atoms with Gasteiger partial charge < -0.3 is 14.5 Å². The van der Waals surface area contributed by atoms with Crippen molar-refractivity contribution in [2.75, 3.05) is 26.2 Å². The van der Waals surface area contributed by atoms with E-state index in [0.717, 1.165) is 6.42 Å². The zero-order valence-electron chi connectivity index (χ0n) is 13.5. The third kappa shape index (κ3) is 4.22. The summed E-state index contributed by atoms with van der Waals surface area (Å²) < 4.78 is 5.67. The molecule has 1 aromatic carbocycles. The predicted octanol–water partition coefficient (Wildman–Crippen LogP) is 1.41. The first-order chi connectivity index (χ1) is 11.0. The number of carbonyl (C=O) groups excluding carboxylic acids is 2. The van der Waals surface area contributed by atoms with Crippen molar-refractivity contribution in [1.82, 2.24) is 9.80 Å². The minimum Gasteiger partial charge on any atom is -0.480 e. The van der Waals surface area contributed by atoms with Crippen LogP contribution in [-0.4, -0.2) is 53.9 Å². The number of para-hydroxylation sites is 1. The average Bonchev–Trinajstić information content (AvgIpc) is 2.80. The van der Waals surface area contributed by atoms with Gasteiger partial charge in [0.05, 0.1) is 5.56 Å². The highest BCUT2D eigenvalue weighted by atomic mass is 16.5. The molecule has 0 aliphatic carbocycles. The highest BCUT2D eigenvalue weighted by Crippen LogP contribution is 2.19. The summed E-state index contributed by atoms with van der Waals surface area (Å²) in [6.07, 6.45) is 0.0840. The van der Waals surface area contributed by atoms with E-state index in [4.69, 9.17) is 10.00 Å². The maximum atomic E-state index is 12.5. The molecule has 0 saturated carbocycles.